The molecule has 112 valence electrons. The molecule has 0 fully saturated rings. The maximum absolute atomic E-state index is 9.49. The van der Waals surface area contributed by atoms with Crippen molar-refractivity contribution in [2.75, 3.05) is 0 Å². The summed E-state index contributed by atoms with van der Waals surface area (Å²) < 4.78 is 30.0. The van der Waals surface area contributed by atoms with Crippen LogP contribution in [0.2, 0.25) is 0 Å². The van der Waals surface area contributed by atoms with Crippen molar-refractivity contribution in [3.8, 4) is 0 Å². The molecule has 1 unspecified atom stereocenters. The number of allylic oxidation sites excluding steroid dienone is 2. The first kappa shape index (κ1) is 36.4. The fourth-order valence-corrected chi connectivity index (χ4v) is 0.755. The Morgan fingerprint density at radius 2 is 1.35 bits per heavy atom. The first-order chi connectivity index (χ1) is 8.98. The summed E-state index contributed by atoms with van der Waals surface area (Å²) in [7, 11) is 0. The van der Waals surface area contributed by atoms with Crippen molar-refractivity contribution in [1.82, 2.24) is 0 Å². The van der Waals surface area contributed by atoms with Crippen molar-refractivity contribution in [3.63, 3.8) is 0 Å². The molecule has 1 N–H and O–H groups in total. The molecule has 0 aromatic heterocycles. The summed E-state index contributed by atoms with van der Waals surface area (Å²) in [4.78, 5) is 0. The molecule has 0 aliphatic carbocycles. The molecule has 5 nitrogen and oxygen atoms in total. The van der Waals surface area contributed by atoms with Gasteiger partial charge in [-0.25, -0.2) is 0 Å². The Kier molecular flexibility index (Phi) is 65.7. The Morgan fingerprint density at radius 3 is 1.55 bits per heavy atom. The summed E-state index contributed by atoms with van der Waals surface area (Å²) >= 11 is 0. The molecule has 0 aromatic rings. The number of hydrogen-bond donors (Lipinski definition) is 1. The van der Waals surface area contributed by atoms with Gasteiger partial charge >= 0.3 is 45.2 Å². The number of hydrogen-bond acceptors (Lipinski definition) is 1. The van der Waals surface area contributed by atoms with E-state index in [1.54, 1.807) is 13.0 Å². The summed E-state index contributed by atoms with van der Waals surface area (Å²) in [5.74, 6) is 0. The summed E-state index contributed by atoms with van der Waals surface area (Å²) in [6.07, 6.45) is 5.38. The Labute approximate surface area is 131 Å². The molecule has 20 heavy (non-hydrogen) atoms. The zero-order valence-corrected chi connectivity index (χ0v) is 12.8. The minimum Gasteiger partial charge on any atom is 0 e. The van der Waals surface area contributed by atoms with E-state index < -0.39 is 5.60 Å². The van der Waals surface area contributed by atoms with Gasteiger partial charge in [0, 0.05) is 17.1 Å². The molecule has 0 spiro atoms. The molecule has 6 heteroatoms. The summed E-state index contributed by atoms with van der Waals surface area (Å²) in [6.45, 7) is 27.5. The number of aliphatic hydroxyl groups is 1. The van der Waals surface area contributed by atoms with Crippen LogP contribution in [0.3, 0.4) is 0 Å². The average Bonchev–Trinajstić information content (AvgIpc) is 2.47. The predicted octanol–water partition coefficient (Wildman–Crippen LogP) is 2.52. The Bertz CT molecular complexity index is 270. The fraction of sp³-hybridized carbons (Fsp3) is 0.429. The third-order valence-electron chi connectivity index (χ3n) is 1.64. The summed E-state index contributed by atoms with van der Waals surface area (Å²) in [5, 5.41) is 9.49. The van der Waals surface area contributed by atoms with Crippen molar-refractivity contribution in [2.45, 2.75) is 39.2 Å². The van der Waals surface area contributed by atoms with Crippen LogP contribution in [0.4, 0.5) is 0 Å². The minimum absolute atomic E-state index is 0. The first-order valence-corrected chi connectivity index (χ1v) is 4.79. The molecule has 0 bridgehead atoms. The van der Waals surface area contributed by atoms with Crippen LogP contribution >= 0.6 is 0 Å². The second kappa shape index (κ2) is 36.1. The van der Waals surface area contributed by atoms with Crippen molar-refractivity contribution in [3.05, 3.63) is 50.9 Å². The van der Waals surface area contributed by atoms with E-state index in [1.165, 1.54) is 5.57 Å². The van der Waals surface area contributed by atoms with Gasteiger partial charge in [-0.15, -0.1) is 6.58 Å². The Hall–Kier alpha value is -1.08. The molecule has 1 atom stereocenters. The Balaban J connectivity index is -0.0000000467. The van der Waals surface area contributed by atoms with E-state index in [0.717, 1.165) is 12.8 Å². The van der Waals surface area contributed by atoms with Gasteiger partial charge in [0.15, 0.2) is 0 Å². The van der Waals surface area contributed by atoms with Crippen LogP contribution in [0.25, 0.3) is 0 Å². The second-order valence-electron chi connectivity index (χ2n) is 3.38. The maximum atomic E-state index is 9.49. The van der Waals surface area contributed by atoms with Crippen LogP contribution in [-0.4, -0.2) is 10.7 Å². The summed E-state index contributed by atoms with van der Waals surface area (Å²) in [5.41, 5.74) is 0.594. The van der Waals surface area contributed by atoms with E-state index in [9.17, 15) is 5.11 Å². The van der Waals surface area contributed by atoms with Crippen LogP contribution in [0, 0.1) is 26.6 Å². The molecule has 0 aliphatic heterocycles. The van der Waals surface area contributed by atoms with E-state index in [1.807, 2.05) is 0 Å². The van der Waals surface area contributed by atoms with E-state index in [2.05, 4.69) is 53.1 Å². The van der Waals surface area contributed by atoms with Crippen LogP contribution in [-0.2, 0) is 35.7 Å². The smallest absolute Gasteiger partial charge is 0 e. The van der Waals surface area contributed by atoms with Gasteiger partial charge in [-0.1, -0.05) is 17.7 Å². The number of rotatable bonds is 4. The average molecular weight is 322 g/mol. The zero-order valence-electron chi connectivity index (χ0n) is 11.7. The summed E-state index contributed by atoms with van der Waals surface area (Å²) in [6, 6.07) is 0. The van der Waals surface area contributed by atoms with Crippen molar-refractivity contribution in [2.24, 2.45) is 0 Å². The maximum Gasteiger partial charge on any atom is 0 e. The quantitative estimate of drug-likeness (QED) is 0.366. The minimum atomic E-state index is -0.702. The van der Waals surface area contributed by atoms with Crippen LogP contribution in [0.5, 0.6) is 0 Å². The van der Waals surface area contributed by atoms with Crippen molar-refractivity contribution >= 4 is 0 Å². The molecular formula is C14H18FeO5. The molecule has 0 aromatic carbocycles. The van der Waals surface area contributed by atoms with Crippen LogP contribution in [0.1, 0.15) is 33.6 Å². The molecule has 0 radical (unpaired) electrons. The SMILES string of the molecule is C=CC(C)(O)CCC=C(C)C.[C-]#[O+].[C-]#[O+].[C-]#[O+].[C-]#[O+].[Fe]. The van der Waals surface area contributed by atoms with Gasteiger partial charge in [0.2, 0.25) is 0 Å². The second-order valence-corrected chi connectivity index (χ2v) is 3.38. The molecule has 0 amide bonds. The molecular weight excluding hydrogens is 304 g/mol. The standard InChI is InChI=1S/C10H18O.4CO.Fe/c1-5-10(4,11)8-6-7-9(2)3;4*1-2;/h5,7,11H,1,6,8H2,2-4H3;;;;;. The normalized spacial score (nSPS) is 8.80. The van der Waals surface area contributed by atoms with Gasteiger partial charge in [0.1, 0.15) is 0 Å². The van der Waals surface area contributed by atoms with Crippen LogP contribution in [0.15, 0.2) is 24.3 Å². The molecule has 0 aliphatic rings. The van der Waals surface area contributed by atoms with Gasteiger partial charge < -0.3 is 5.11 Å². The molecule has 0 saturated heterocycles. The van der Waals surface area contributed by atoms with Crippen molar-refractivity contribution in [1.29, 1.82) is 0 Å². The van der Waals surface area contributed by atoms with Gasteiger partial charge in [0.25, 0.3) is 0 Å². The Morgan fingerprint density at radius 1 is 1.05 bits per heavy atom. The third-order valence-corrected chi connectivity index (χ3v) is 1.64. The fourth-order valence-electron chi connectivity index (χ4n) is 0.755. The monoisotopic (exact) mass is 322 g/mol. The first-order valence-electron chi connectivity index (χ1n) is 4.79. The zero-order chi connectivity index (χ0) is 16.9. The van der Waals surface area contributed by atoms with Gasteiger partial charge in [-0.05, 0) is 33.6 Å². The molecule has 0 rings (SSSR count). The molecule has 0 saturated carbocycles. The van der Waals surface area contributed by atoms with Gasteiger partial charge in [-0.3, -0.25) is 0 Å². The van der Waals surface area contributed by atoms with Gasteiger partial charge in [0.05, 0.1) is 5.60 Å². The predicted molar refractivity (Wildman–Crippen MR) is 65.2 cm³/mol. The van der Waals surface area contributed by atoms with Crippen LogP contribution < -0.4 is 0 Å². The van der Waals surface area contributed by atoms with E-state index in [-0.39, 0.29) is 17.1 Å². The van der Waals surface area contributed by atoms with E-state index in [0.29, 0.717) is 0 Å². The van der Waals surface area contributed by atoms with E-state index >= 15 is 0 Å². The third kappa shape index (κ3) is 53.9. The van der Waals surface area contributed by atoms with Crippen molar-refractivity contribution < 1.29 is 40.8 Å². The largest absolute Gasteiger partial charge is 0 e. The van der Waals surface area contributed by atoms with Gasteiger partial charge in [-0.2, -0.15) is 0 Å². The van der Waals surface area contributed by atoms with E-state index in [4.69, 9.17) is 18.6 Å². The topological polar surface area (TPSA) is 99.8 Å². The molecule has 0 heterocycles.